The van der Waals surface area contributed by atoms with E-state index in [0.717, 1.165) is 17.3 Å². The van der Waals surface area contributed by atoms with Crippen molar-refractivity contribution in [2.24, 2.45) is 0 Å². The first-order valence-corrected chi connectivity index (χ1v) is 4.70. The van der Waals surface area contributed by atoms with Crippen LogP contribution in [0.5, 0.6) is 0 Å². The van der Waals surface area contributed by atoms with Crippen molar-refractivity contribution in [3.63, 3.8) is 0 Å². The number of hydrogen-bond acceptors (Lipinski definition) is 4. The van der Waals surface area contributed by atoms with Gasteiger partial charge in [-0.2, -0.15) is 13.2 Å². The molecular weight excluding hydrogens is 239 g/mol. The van der Waals surface area contributed by atoms with E-state index in [-0.39, 0.29) is 18.1 Å². The molecule has 0 fully saturated rings. The van der Waals surface area contributed by atoms with Crippen molar-refractivity contribution in [2.45, 2.75) is 13.1 Å². The smallest absolute Gasteiger partial charge is 0.405 e. The number of carboxylic acid groups (broad SMARTS) is 1. The average molecular weight is 249 g/mol. The van der Waals surface area contributed by atoms with Crippen molar-refractivity contribution in [1.29, 1.82) is 0 Å². The van der Waals surface area contributed by atoms with Gasteiger partial charge >= 0.3 is 12.1 Å². The van der Waals surface area contributed by atoms with E-state index in [0.29, 0.717) is 0 Å². The van der Waals surface area contributed by atoms with Gasteiger partial charge < -0.3 is 10.0 Å². The molecule has 0 aliphatic rings. The van der Waals surface area contributed by atoms with Gasteiger partial charge in [0.05, 0.1) is 12.4 Å². The Morgan fingerprint density at radius 1 is 1.41 bits per heavy atom. The molecule has 0 aromatic carbocycles. The van der Waals surface area contributed by atoms with E-state index in [4.69, 9.17) is 5.11 Å². The third-order valence-corrected chi connectivity index (χ3v) is 1.93. The Kier molecular flexibility index (Phi) is 3.87. The number of anilines is 1. The average Bonchev–Trinajstić information content (AvgIpc) is 2.25. The van der Waals surface area contributed by atoms with Crippen molar-refractivity contribution in [3.8, 4) is 0 Å². The monoisotopic (exact) mass is 249 g/mol. The van der Waals surface area contributed by atoms with Crippen LogP contribution in [0.25, 0.3) is 0 Å². The molecule has 94 valence electrons. The second-order valence-corrected chi connectivity index (χ2v) is 3.19. The van der Waals surface area contributed by atoms with Gasteiger partial charge in [0.2, 0.25) is 0 Å². The minimum Gasteiger partial charge on any atom is -0.476 e. The second kappa shape index (κ2) is 4.98. The van der Waals surface area contributed by atoms with Crippen molar-refractivity contribution in [2.75, 3.05) is 18.0 Å². The minimum atomic E-state index is -4.34. The summed E-state index contributed by atoms with van der Waals surface area (Å²) in [5.41, 5.74) is -0.309. The molecule has 1 heterocycles. The number of aromatic nitrogens is 2. The lowest BCUT2D eigenvalue weighted by molar-refractivity contribution is -0.119. The molecule has 5 nitrogen and oxygen atoms in total. The first-order valence-electron chi connectivity index (χ1n) is 4.70. The number of aromatic carboxylic acids is 1. The Morgan fingerprint density at radius 3 is 2.41 bits per heavy atom. The quantitative estimate of drug-likeness (QED) is 0.877. The van der Waals surface area contributed by atoms with Crippen LogP contribution in [0.15, 0.2) is 12.4 Å². The number of rotatable bonds is 4. The van der Waals surface area contributed by atoms with E-state index in [1.54, 1.807) is 6.92 Å². The second-order valence-electron chi connectivity index (χ2n) is 3.19. The van der Waals surface area contributed by atoms with Gasteiger partial charge in [0.15, 0.2) is 5.69 Å². The van der Waals surface area contributed by atoms with E-state index in [2.05, 4.69) is 9.97 Å². The molecule has 0 aliphatic carbocycles. The molecule has 0 unspecified atom stereocenters. The molecule has 0 bridgehead atoms. The zero-order chi connectivity index (χ0) is 13.1. The van der Waals surface area contributed by atoms with Crippen LogP contribution in [-0.4, -0.2) is 40.3 Å². The van der Waals surface area contributed by atoms with Gasteiger partial charge in [-0.25, -0.2) is 14.8 Å². The Balaban J connectivity index is 2.86. The summed E-state index contributed by atoms with van der Waals surface area (Å²) in [6, 6.07) is 0. The summed E-state index contributed by atoms with van der Waals surface area (Å²) in [6.45, 7) is 0.490. The summed E-state index contributed by atoms with van der Waals surface area (Å²) in [4.78, 5) is 18.6. The maximum Gasteiger partial charge on any atom is 0.405 e. The molecule has 0 saturated heterocycles. The third kappa shape index (κ3) is 3.89. The highest BCUT2D eigenvalue weighted by Gasteiger charge is 2.30. The summed E-state index contributed by atoms with van der Waals surface area (Å²) in [5.74, 6) is -1.28. The van der Waals surface area contributed by atoms with Gasteiger partial charge in [-0.05, 0) is 6.92 Å². The SMILES string of the molecule is CCN(CC(F)(F)F)c1cnc(C(=O)O)cn1. The fourth-order valence-corrected chi connectivity index (χ4v) is 1.17. The number of alkyl halides is 3. The maximum atomic E-state index is 12.2. The van der Waals surface area contributed by atoms with Crippen molar-refractivity contribution in [3.05, 3.63) is 18.1 Å². The molecule has 0 atom stereocenters. The van der Waals surface area contributed by atoms with Crippen molar-refractivity contribution < 1.29 is 23.1 Å². The molecule has 1 rings (SSSR count). The standard InChI is InChI=1S/C9H10F3N3O2/c1-2-15(5-9(10,11)12)7-4-13-6(3-14-7)8(16)17/h3-4H,2,5H2,1H3,(H,16,17). The molecule has 1 aromatic rings. The summed E-state index contributed by atoms with van der Waals surface area (Å²) in [5, 5.41) is 8.56. The lowest BCUT2D eigenvalue weighted by Gasteiger charge is -2.22. The van der Waals surface area contributed by atoms with Crippen LogP contribution in [0.3, 0.4) is 0 Å². The summed E-state index contributed by atoms with van der Waals surface area (Å²) in [6.07, 6.45) is -2.40. The fourth-order valence-electron chi connectivity index (χ4n) is 1.17. The van der Waals surface area contributed by atoms with E-state index >= 15 is 0 Å². The highest BCUT2D eigenvalue weighted by atomic mass is 19.4. The molecular formula is C9H10F3N3O2. The summed E-state index contributed by atoms with van der Waals surface area (Å²) in [7, 11) is 0. The minimum absolute atomic E-state index is 0.00479. The van der Waals surface area contributed by atoms with E-state index in [9.17, 15) is 18.0 Å². The van der Waals surface area contributed by atoms with E-state index in [1.165, 1.54) is 0 Å². The zero-order valence-electron chi connectivity index (χ0n) is 8.90. The van der Waals surface area contributed by atoms with Gasteiger partial charge in [0.1, 0.15) is 12.4 Å². The Labute approximate surface area is 94.9 Å². The van der Waals surface area contributed by atoms with Crippen LogP contribution in [0, 0.1) is 0 Å². The molecule has 1 N–H and O–H groups in total. The Bertz CT molecular complexity index is 391. The van der Waals surface area contributed by atoms with Crippen molar-refractivity contribution in [1.82, 2.24) is 9.97 Å². The van der Waals surface area contributed by atoms with Crippen LogP contribution >= 0.6 is 0 Å². The largest absolute Gasteiger partial charge is 0.476 e. The van der Waals surface area contributed by atoms with Crippen LogP contribution in [0.2, 0.25) is 0 Å². The fraction of sp³-hybridized carbons (Fsp3) is 0.444. The highest BCUT2D eigenvalue weighted by Crippen LogP contribution is 2.19. The van der Waals surface area contributed by atoms with Crippen molar-refractivity contribution >= 4 is 11.8 Å². The van der Waals surface area contributed by atoms with Crippen LogP contribution in [-0.2, 0) is 0 Å². The predicted octanol–water partition coefficient (Wildman–Crippen LogP) is 1.56. The first-order chi connectivity index (χ1) is 7.83. The molecule has 0 aliphatic heterocycles. The number of halogens is 3. The summed E-state index contributed by atoms with van der Waals surface area (Å²) >= 11 is 0. The molecule has 0 spiro atoms. The van der Waals surface area contributed by atoms with Crippen LogP contribution in [0.4, 0.5) is 19.0 Å². The lowest BCUT2D eigenvalue weighted by atomic mass is 10.4. The molecule has 0 saturated carbocycles. The van der Waals surface area contributed by atoms with E-state index < -0.39 is 18.7 Å². The van der Waals surface area contributed by atoms with Crippen LogP contribution in [0.1, 0.15) is 17.4 Å². The van der Waals surface area contributed by atoms with Gasteiger partial charge in [-0.15, -0.1) is 0 Å². The van der Waals surface area contributed by atoms with Gasteiger partial charge in [0.25, 0.3) is 0 Å². The lowest BCUT2D eigenvalue weighted by Crippen LogP contribution is -2.34. The molecule has 17 heavy (non-hydrogen) atoms. The number of nitrogens with zero attached hydrogens (tertiary/aromatic N) is 3. The van der Waals surface area contributed by atoms with Gasteiger partial charge in [-0.3, -0.25) is 0 Å². The Hall–Kier alpha value is -1.86. The van der Waals surface area contributed by atoms with E-state index in [1.807, 2.05) is 0 Å². The normalized spacial score (nSPS) is 11.3. The van der Waals surface area contributed by atoms with Gasteiger partial charge in [0, 0.05) is 6.54 Å². The summed E-state index contributed by atoms with van der Waals surface area (Å²) < 4.78 is 36.6. The maximum absolute atomic E-state index is 12.2. The van der Waals surface area contributed by atoms with Crippen LogP contribution < -0.4 is 4.90 Å². The molecule has 1 aromatic heterocycles. The highest BCUT2D eigenvalue weighted by molar-refractivity contribution is 5.84. The predicted molar refractivity (Wildman–Crippen MR) is 52.9 cm³/mol. The topological polar surface area (TPSA) is 66.3 Å². The molecule has 0 radical (unpaired) electrons. The Morgan fingerprint density at radius 2 is 2.06 bits per heavy atom. The number of hydrogen-bond donors (Lipinski definition) is 1. The van der Waals surface area contributed by atoms with Gasteiger partial charge in [-0.1, -0.05) is 0 Å². The molecule has 0 amide bonds. The third-order valence-electron chi connectivity index (χ3n) is 1.93. The zero-order valence-corrected chi connectivity index (χ0v) is 8.90. The number of carboxylic acids is 1. The molecule has 8 heteroatoms. The first kappa shape index (κ1) is 13.2. The number of carbonyl (C=O) groups is 1.